The maximum absolute atomic E-state index is 13.1. The average molecular weight is 247 g/mol. The van der Waals surface area contributed by atoms with E-state index in [0.29, 0.717) is 5.56 Å². The number of benzene rings is 1. The van der Waals surface area contributed by atoms with E-state index in [9.17, 15) is 9.18 Å². The second-order valence-electron chi connectivity index (χ2n) is 3.48. The highest BCUT2D eigenvalue weighted by Crippen LogP contribution is 2.36. The molecule has 1 aromatic carbocycles. The Kier molecular flexibility index (Phi) is 4.12. The molecule has 0 aliphatic rings. The third kappa shape index (κ3) is 2.64. The van der Waals surface area contributed by atoms with E-state index in [1.165, 1.54) is 19.2 Å². The Morgan fingerprint density at radius 2 is 2.25 bits per heavy atom. The predicted molar refractivity (Wildman–Crippen MR) is 58.6 cm³/mol. The molecule has 88 valence electrons. The lowest BCUT2D eigenvalue weighted by atomic mass is 9.97. The smallest absolute Gasteiger partial charge is 0.303 e. The summed E-state index contributed by atoms with van der Waals surface area (Å²) < 4.78 is 18.1. The lowest BCUT2D eigenvalue weighted by Gasteiger charge is -2.15. The summed E-state index contributed by atoms with van der Waals surface area (Å²) in [7, 11) is 1.37. The van der Waals surface area contributed by atoms with Crippen molar-refractivity contribution in [1.29, 1.82) is 0 Å². The van der Waals surface area contributed by atoms with Gasteiger partial charge >= 0.3 is 5.97 Å². The van der Waals surface area contributed by atoms with Crippen LogP contribution in [-0.4, -0.2) is 18.2 Å². The van der Waals surface area contributed by atoms with Crippen LogP contribution in [0.4, 0.5) is 4.39 Å². The fourth-order valence-corrected chi connectivity index (χ4v) is 1.76. The Hall–Kier alpha value is -1.29. The van der Waals surface area contributed by atoms with Crippen LogP contribution in [0.2, 0.25) is 5.02 Å². The summed E-state index contributed by atoms with van der Waals surface area (Å²) in [5.41, 5.74) is 0.594. The molecule has 5 heteroatoms. The second-order valence-corrected chi connectivity index (χ2v) is 3.86. The van der Waals surface area contributed by atoms with Crippen LogP contribution in [0, 0.1) is 5.82 Å². The van der Waals surface area contributed by atoms with E-state index in [1.54, 1.807) is 6.92 Å². The number of halogens is 2. The first-order valence-corrected chi connectivity index (χ1v) is 5.08. The van der Waals surface area contributed by atoms with Gasteiger partial charge in [0.05, 0.1) is 13.5 Å². The van der Waals surface area contributed by atoms with Crippen LogP contribution >= 0.6 is 11.6 Å². The summed E-state index contributed by atoms with van der Waals surface area (Å²) in [6.45, 7) is 1.72. The van der Waals surface area contributed by atoms with E-state index < -0.39 is 11.8 Å². The van der Waals surface area contributed by atoms with Gasteiger partial charge in [0.2, 0.25) is 0 Å². The largest absolute Gasteiger partial charge is 0.495 e. The summed E-state index contributed by atoms with van der Waals surface area (Å²) in [6, 6.07) is 2.70. The molecule has 0 radical (unpaired) electrons. The molecule has 0 aliphatic heterocycles. The minimum absolute atomic E-state index is 0.0572. The quantitative estimate of drug-likeness (QED) is 0.888. The standard InChI is InChI=1S/C11H12ClFO3/c1-6(5-9(14)15)7-3-4-8(13)10(12)11(7)16-2/h3-4,6H,5H2,1-2H3,(H,14,15). The van der Waals surface area contributed by atoms with Gasteiger partial charge in [0.15, 0.2) is 0 Å². The van der Waals surface area contributed by atoms with Gasteiger partial charge in [-0.05, 0) is 17.5 Å². The number of carboxylic acids is 1. The van der Waals surface area contributed by atoms with Crippen LogP contribution in [0.5, 0.6) is 5.75 Å². The third-order valence-electron chi connectivity index (χ3n) is 2.30. The van der Waals surface area contributed by atoms with Gasteiger partial charge in [-0.2, -0.15) is 0 Å². The summed E-state index contributed by atoms with van der Waals surface area (Å²) in [5, 5.41) is 8.57. The number of methoxy groups -OCH3 is 1. The molecule has 0 saturated heterocycles. The SMILES string of the molecule is COc1c(C(C)CC(=O)O)ccc(F)c1Cl. The molecule has 0 aromatic heterocycles. The van der Waals surface area contributed by atoms with E-state index in [-0.39, 0.29) is 23.1 Å². The maximum Gasteiger partial charge on any atom is 0.303 e. The fourth-order valence-electron chi connectivity index (χ4n) is 1.51. The van der Waals surface area contributed by atoms with E-state index in [2.05, 4.69) is 0 Å². The highest BCUT2D eigenvalue weighted by Gasteiger charge is 2.19. The number of hydrogen-bond donors (Lipinski definition) is 1. The Morgan fingerprint density at radius 3 is 2.75 bits per heavy atom. The molecular formula is C11H12ClFO3. The van der Waals surface area contributed by atoms with Crippen LogP contribution in [0.25, 0.3) is 0 Å². The van der Waals surface area contributed by atoms with Crippen LogP contribution < -0.4 is 4.74 Å². The van der Waals surface area contributed by atoms with Crippen molar-refractivity contribution in [2.24, 2.45) is 0 Å². The molecule has 0 saturated carbocycles. The first-order chi connectivity index (χ1) is 7.47. The van der Waals surface area contributed by atoms with Crippen LogP contribution in [0.1, 0.15) is 24.8 Å². The number of carboxylic acid groups (broad SMARTS) is 1. The minimum atomic E-state index is -0.921. The highest BCUT2D eigenvalue weighted by molar-refractivity contribution is 6.32. The van der Waals surface area contributed by atoms with Gasteiger partial charge < -0.3 is 9.84 Å². The van der Waals surface area contributed by atoms with Crippen molar-refractivity contribution in [3.05, 3.63) is 28.5 Å². The molecule has 1 unspecified atom stereocenters. The Morgan fingerprint density at radius 1 is 1.62 bits per heavy atom. The zero-order chi connectivity index (χ0) is 12.3. The van der Waals surface area contributed by atoms with Crippen molar-refractivity contribution in [3.63, 3.8) is 0 Å². The zero-order valence-electron chi connectivity index (χ0n) is 8.96. The van der Waals surface area contributed by atoms with Crippen molar-refractivity contribution in [3.8, 4) is 5.75 Å². The zero-order valence-corrected chi connectivity index (χ0v) is 9.71. The maximum atomic E-state index is 13.1. The Bertz CT molecular complexity index is 406. The average Bonchev–Trinajstić information content (AvgIpc) is 2.20. The topological polar surface area (TPSA) is 46.5 Å². The summed E-state index contributed by atoms with van der Waals surface area (Å²) in [4.78, 5) is 10.6. The van der Waals surface area contributed by atoms with E-state index in [0.717, 1.165) is 0 Å². The van der Waals surface area contributed by atoms with Gasteiger partial charge in [0.25, 0.3) is 0 Å². The van der Waals surface area contributed by atoms with Crippen LogP contribution in [0.3, 0.4) is 0 Å². The number of hydrogen-bond acceptors (Lipinski definition) is 2. The lowest BCUT2D eigenvalue weighted by molar-refractivity contribution is -0.137. The molecule has 1 atom stereocenters. The van der Waals surface area contributed by atoms with Crippen molar-refractivity contribution >= 4 is 17.6 Å². The van der Waals surface area contributed by atoms with Gasteiger partial charge in [-0.25, -0.2) is 4.39 Å². The first-order valence-electron chi connectivity index (χ1n) is 4.71. The fraction of sp³-hybridized carbons (Fsp3) is 0.364. The monoisotopic (exact) mass is 246 g/mol. The van der Waals surface area contributed by atoms with Gasteiger partial charge in [0, 0.05) is 0 Å². The van der Waals surface area contributed by atoms with Gasteiger partial charge in [-0.3, -0.25) is 4.79 Å². The molecule has 0 bridgehead atoms. The van der Waals surface area contributed by atoms with Crippen molar-refractivity contribution < 1.29 is 19.0 Å². The van der Waals surface area contributed by atoms with Gasteiger partial charge in [-0.1, -0.05) is 24.6 Å². The molecule has 0 amide bonds. The molecule has 0 fully saturated rings. The van der Waals surface area contributed by atoms with Gasteiger partial charge in [-0.15, -0.1) is 0 Å². The molecular weight excluding hydrogens is 235 g/mol. The predicted octanol–water partition coefficient (Wildman–Crippen LogP) is 3.07. The van der Waals surface area contributed by atoms with Crippen molar-refractivity contribution in [2.75, 3.05) is 7.11 Å². The van der Waals surface area contributed by atoms with Gasteiger partial charge in [0.1, 0.15) is 16.6 Å². The number of aliphatic carboxylic acids is 1. The third-order valence-corrected chi connectivity index (χ3v) is 2.65. The normalized spacial score (nSPS) is 12.2. The number of carbonyl (C=O) groups is 1. The minimum Gasteiger partial charge on any atom is -0.495 e. The van der Waals surface area contributed by atoms with E-state index in [4.69, 9.17) is 21.4 Å². The van der Waals surface area contributed by atoms with Crippen molar-refractivity contribution in [2.45, 2.75) is 19.3 Å². The Balaban J connectivity index is 3.13. The second kappa shape index (κ2) is 5.16. The van der Waals surface area contributed by atoms with E-state index >= 15 is 0 Å². The van der Waals surface area contributed by atoms with Crippen molar-refractivity contribution in [1.82, 2.24) is 0 Å². The summed E-state index contributed by atoms with van der Waals surface area (Å²) in [6.07, 6.45) is -0.0572. The number of ether oxygens (including phenoxy) is 1. The molecule has 1 rings (SSSR count). The molecule has 1 aromatic rings. The van der Waals surface area contributed by atoms with E-state index in [1.807, 2.05) is 0 Å². The van der Waals surface area contributed by atoms with Crippen LogP contribution in [0.15, 0.2) is 12.1 Å². The number of rotatable bonds is 4. The molecule has 0 aliphatic carbocycles. The first kappa shape index (κ1) is 12.8. The summed E-state index contributed by atoms with van der Waals surface area (Å²) >= 11 is 5.73. The summed E-state index contributed by atoms with van der Waals surface area (Å²) in [5.74, 6) is -1.58. The Labute approximate surface area is 97.8 Å². The lowest BCUT2D eigenvalue weighted by Crippen LogP contribution is -2.05. The molecule has 0 heterocycles. The van der Waals surface area contributed by atoms with Crippen LogP contribution in [-0.2, 0) is 4.79 Å². The highest BCUT2D eigenvalue weighted by atomic mass is 35.5. The molecule has 0 spiro atoms. The molecule has 16 heavy (non-hydrogen) atoms. The molecule has 1 N–H and O–H groups in total. The molecule has 3 nitrogen and oxygen atoms in total.